The summed E-state index contributed by atoms with van der Waals surface area (Å²) in [6.45, 7) is 5.16. The normalized spacial score (nSPS) is 34.6. The standard InChI is InChI=1S/C19H26Cl4O11/c1-9(24)30-12-11(31-14-13(12)33-17(2,3)34-14)10(32-19(16(22)23)27-6-7-28-19)8-29-18(15(20)21)25-4-5-26-18/h10-16H,4-8H2,1-3H3/t10-,11-,12+,13-,14-/m1/s1. The van der Waals surface area contributed by atoms with Gasteiger partial charge >= 0.3 is 17.9 Å². The van der Waals surface area contributed by atoms with Gasteiger partial charge in [-0.3, -0.25) is 4.79 Å². The van der Waals surface area contributed by atoms with Gasteiger partial charge in [0.25, 0.3) is 0 Å². The molecule has 4 aliphatic rings. The Morgan fingerprint density at radius 1 is 0.941 bits per heavy atom. The Kier molecular flexibility index (Phi) is 8.48. The molecule has 4 aliphatic heterocycles. The summed E-state index contributed by atoms with van der Waals surface area (Å²) >= 11 is 24.4. The molecule has 0 unspecified atom stereocenters. The van der Waals surface area contributed by atoms with Crippen LogP contribution in [0.25, 0.3) is 0 Å². The fraction of sp³-hybridized carbons (Fsp3) is 0.947. The maximum absolute atomic E-state index is 11.9. The van der Waals surface area contributed by atoms with E-state index in [2.05, 4.69) is 0 Å². The fourth-order valence-corrected chi connectivity index (χ4v) is 4.80. The van der Waals surface area contributed by atoms with E-state index in [4.69, 9.17) is 93.8 Å². The Morgan fingerprint density at radius 3 is 2.03 bits per heavy atom. The Labute approximate surface area is 216 Å². The average Bonchev–Trinajstić information content (AvgIpc) is 3.50. The Morgan fingerprint density at radius 2 is 1.50 bits per heavy atom. The minimum Gasteiger partial charge on any atom is -0.457 e. The van der Waals surface area contributed by atoms with Gasteiger partial charge in [-0.05, 0) is 13.8 Å². The van der Waals surface area contributed by atoms with Gasteiger partial charge in [0, 0.05) is 6.92 Å². The van der Waals surface area contributed by atoms with Crippen molar-refractivity contribution in [1.29, 1.82) is 0 Å². The maximum atomic E-state index is 11.9. The van der Waals surface area contributed by atoms with Gasteiger partial charge in [-0.25, -0.2) is 0 Å². The number of carbonyl (C=O) groups is 1. The Hall–Kier alpha value is 0.270. The van der Waals surface area contributed by atoms with E-state index in [0.29, 0.717) is 0 Å². The predicted molar refractivity (Wildman–Crippen MR) is 115 cm³/mol. The van der Waals surface area contributed by atoms with Crippen molar-refractivity contribution in [3.8, 4) is 0 Å². The van der Waals surface area contributed by atoms with E-state index in [9.17, 15) is 4.79 Å². The van der Waals surface area contributed by atoms with E-state index in [1.165, 1.54) is 6.92 Å². The van der Waals surface area contributed by atoms with Gasteiger partial charge in [0.2, 0.25) is 0 Å². The van der Waals surface area contributed by atoms with Gasteiger partial charge in [-0.2, -0.15) is 0 Å². The molecule has 0 amide bonds. The zero-order valence-corrected chi connectivity index (χ0v) is 21.6. The van der Waals surface area contributed by atoms with Crippen molar-refractivity contribution in [3.63, 3.8) is 0 Å². The van der Waals surface area contributed by atoms with E-state index in [0.717, 1.165) is 0 Å². The molecule has 0 radical (unpaired) electrons. The fourth-order valence-electron chi connectivity index (χ4n) is 4.07. The minimum atomic E-state index is -1.84. The van der Waals surface area contributed by atoms with E-state index in [-0.39, 0.29) is 33.0 Å². The summed E-state index contributed by atoms with van der Waals surface area (Å²) in [7, 11) is 0. The van der Waals surface area contributed by atoms with Crippen LogP contribution in [-0.2, 0) is 52.2 Å². The lowest BCUT2D eigenvalue weighted by molar-refractivity contribution is -0.378. The molecule has 15 heteroatoms. The number of fused-ring (bicyclic) bond motifs is 1. The zero-order chi connectivity index (χ0) is 24.7. The first-order valence-corrected chi connectivity index (χ1v) is 12.3. The summed E-state index contributed by atoms with van der Waals surface area (Å²) in [5.41, 5.74) is 0. The van der Waals surface area contributed by atoms with Crippen LogP contribution in [-0.4, -0.2) is 97.1 Å². The first-order valence-electron chi connectivity index (χ1n) is 10.6. The summed E-state index contributed by atoms with van der Waals surface area (Å²) in [4.78, 5) is 9.48. The van der Waals surface area contributed by atoms with Crippen molar-refractivity contribution in [2.45, 2.75) is 78.9 Å². The molecule has 0 bridgehead atoms. The van der Waals surface area contributed by atoms with Crippen LogP contribution in [0.4, 0.5) is 0 Å². The molecule has 0 spiro atoms. The second kappa shape index (κ2) is 10.6. The lowest BCUT2D eigenvalue weighted by atomic mass is 10.1. The lowest BCUT2D eigenvalue weighted by Gasteiger charge is -2.38. The molecule has 4 rings (SSSR count). The van der Waals surface area contributed by atoms with Gasteiger partial charge in [0.1, 0.15) is 12.2 Å². The third-order valence-corrected chi connectivity index (χ3v) is 6.44. The summed E-state index contributed by atoms with van der Waals surface area (Å²) < 4.78 is 57.4. The average molecular weight is 572 g/mol. The second-order valence-electron chi connectivity index (χ2n) is 8.31. The van der Waals surface area contributed by atoms with E-state index < -0.39 is 64.1 Å². The van der Waals surface area contributed by atoms with Crippen molar-refractivity contribution in [2.24, 2.45) is 0 Å². The number of alkyl halides is 4. The highest BCUT2D eigenvalue weighted by Crippen LogP contribution is 2.43. The number of ether oxygens (including phenoxy) is 10. The number of carbonyl (C=O) groups excluding carboxylic acids is 1. The van der Waals surface area contributed by atoms with Crippen LogP contribution < -0.4 is 0 Å². The maximum Gasteiger partial charge on any atom is 0.315 e. The number of hydrogen-bond acceptors (Lipinski definition) is 11. The molecular weight excluding hydrogens is 546 g/mol. The molecule has 4 fully saturated rings. The van der Waals surface area contributed by atoms with Crippen LogP contribution >= 0.6 is 46.4 Å². The molecule has 196 valence electrons. The Balaban J connectivity index is 1.60. The summed E-state index contributed by atoms with van der Waals surface area (Å²) in [5, 5.41) is 0. The largest absolute Gasteiger partial charge is 0.457 e. The molecule has 0 aliphatic carbocycles. The summed E-state index contributed by atoms with van der Waals surface area (Å²) in [6, 6.07) is 0. The molecule has 4 heterocycles. The number of halogens is 4. The van der Waals surface area contributed by atoms with Gasteiger partial charge < -0.3 is 47.4 Å². The van der Waals surface area contributed by atoms with Crippen molar-refractivity contribution in [1.82, 2.24) is 0 Å². The third kappa shape index (κ3) is 5.57. The van der Waals surface area contributed by atoms with Crippen LogP contribution in [0, 0.1) is 0 Å². The monoisotopic (exact) mass is 570 g/mol. The molecule has 11 nitrogen and oxygen atoms in total. The van der Waals surface area contributed by atoms with Gasteiger partial charge in [-0.15, -0.1) is 0 Å². The highest BCUT2D eigenvalue weighted by molar-refractivity contribution is 6.45. The predicted octanol–water partition coefficient (Wildman–Crippen LogP) is 2.20. The van der Waals surface area contributed by atoms with Crippen LogP contribution in [0.1, 0.15) is 20.8 Å². The highest BCUT2D eigenvalue weighted by atomic mass is 35.5. The minimum absolute atomic E-state index is 0.176. The molecule has 0 aromatic carbocycles. The van der Waals surface area contributed by atoms with Gasteiger partial charge in [0.15, 0.2) is 34.0 Å². The molecular formula is C19H26Cl4O11. The van der Waals surface area contributed by atoms with E-state index >= 15 is 0 Å². The van der Waals surface area contributed by atoms with E-state index in [1.54, 1.807) is 13.8 Å². The second-order valence-corrected chi connectivity index (χ2v) is 10.5. The van der Waals surface area contributed by atoms with E-state index in [1.807, 2.05) is 0 Å². The van der Waals surface area contributed by atoms with Gasteiger partial charge in [0.05, 0.1) is 33.0 Å². The summed E-state index contributed by atoms with van der Waals surface area (Å²) in [6.07, 6.45) is -4.64. The molecule has 0 saturated carbocycles. The summed E-state index contributed by atoms with van der Waals surface area (Å²) in [5.74, 6) is -5.12. The number of esters is 1. The van der Waals surface area contributed by atoms with Crippen LogP contribution in [0.3, 0.4) is 0 Å². The molecule has 0 N–H and O–H groups in total. The van der Waals surface area contributed by atoms with Crippen LogP contribution in [0.5, 0.6) is 0 Å². The van der Waals surface area contributed by atoms with Crippen LogP contribution in [0.15, 0.2) is 0 Å². The van der Waals surface area contributed by atoms with Crippen molar-refractivity contribution in [2.75, 3.05) is 33.0 Å². The van der Waals surface area contributed by atoms with Crippen molar-refractivity contribution >= 4 is 52.4 Å². The molecule has 34 heavy (non-hydrogen) atoms. The van der Waals surface area contributed by atoms with Crippen molar-refractivity contribution < 1.29 is 52.2 Å². The number of rotatable bonds is 9. The number of hydrogen-bond donors (Lipinski definition) is 0. The smallest absolute Gasteiger partial charge is 0.315 e. The zero-order valence-electron chi connectivity index (χ0n) is 18.6. The first kappa shape index (κ1) is 27.3. The lowest BCUT2D eigenvalue weighted by Crippen LogP contribution is -2.54. The topological polar surface area (TPSA) is 109 Å². The third-order valence-electron chi connectivity index (χ3n) is 5.37. The van der Waals surface area contributed by atoms with Gasteiger partial charge in [-0.1, -0.05) is 46.4 Å². The molecule has 0 aromatic heterocycles. The first-order chi connectivity index (χ1) is 16.0. The molecule has 0 aromatic rings. The molecule has 4 saturated heterocycles. The Bertz CT molecular complexity index is 727. The van der Waals surface area contributed by atoms with Crippen molar-refractivity contribution in [3.05, 3.63) is 0 Å². The molecule has 5 atom stereocenters. The quantitative estimate of drug-likeness (QED) is 0.300. The SMILES string of the molecule is CC(=O)O[C@@H]1[C@H]2OC(C)(C)O[C@H]2O[C@@H]1[C@@H](COC1(C(Cl)Cl)OCCO1)OC1(C(Cl)Cl)OCCO1. The highest BCUT2D eigenvalue weighted by Gasteiger charge is 2.61. The van der Waals surface area contributed by atoms with Crippen LogP contribution in [0.2, 0.25) is 0 Å².